The van der Waals surface area contributed by atoms with E-state index in [-0.39, 0.29) is 1.43 Å². The van der Waals surface area contributed by atoms with Crippen LogP contribution < -0.4 is 0 Å². The van der Waals surface area contributed by atoms with Crippen LogP contribution in [0.3, 0.4) is 0 Å². The fourth-order valence-electron chi connectivity index (χ4n) is 3.93. The molecule has 0 N–H and O–H groups in total. The van der Waals surface area contributed by atoms with E-state index in [0.29, 0.717) is 0 Å². The molecule has 0 bridgehead atoms. The fourth-order valence-corrected chi connectivity index (χ4v) is 3.93. The number of likely N-dealkylation sites (tertiary alicyclic amines) is 1. The number of allylic oxidation sites excluding steroid dienone is 1. The number of carbonyl (C=O) groups is 1. The number of fused-ring (bicyclic) bond motifs is 1. The molecule has 0 atom stereocenters. The van der Waals surface area contributed by atoms with Gasteiger partial charge in [0.15, 0.2) is 0 Å². The molecule has 3 heteroatoms. The summed E-state index contributed by atoms with van der Waals surface area (Å²) in [4.78, 5) is 15.6. The highest BCUT2D eigenvalue weighted by Gasteiger charge is 2.13. The van der Waals surface area contributed by atoms with E-state index < -0.39 is 0 Å². The molecule has 2 aliphatic rings. The molecule has 1 aromatic heterocycles. The molecule has 0 spiro atoms. The Labute approximate surface area is 190 Å². The van der Waals surface area contributed by atoms with Crippen LogP contribution in [0, 0.1) is 13.8 Å². The zero-order chi connectivity index (χ0) is 22.6. The third-order valence-electron chi connectivity index (χ3n) is 5.69. The van der Waals surface area contributed by atoms with Crippen molar-refractivity contribution in [3.05, 3.63) is 82.7 Å². The number of hydrogen-bond donors (Lipinski definition) is 0. The van der Waals surface area contributed by atoms with Crippen LogP contribution in [0.25, 0.3) is 5.57 Å². The normalized spacial score (nSPS) is 16.3. The molecule has 3 nitrogen and oxygen atoms in total. The first-order valence-corrected chi connectivity index (χ1v) is 11.4. The predicted molar refractivity (Wildman–Crippen MR) is 135 cm³/mol. The molecule has 168 valence electrons. The molecule has 2 aromatic rings. The van der Waals surface area contributed by atoms with Gasteiger partial charge in [0, 0.05) is 25.4 Å². The quantitative estimate of drug-likeness (QED) is 0.386. The largest absolute Gasteiger partial charge is 0.306 e. The number of nitrogens with zero attached hydrogens (tertiary/aromatic N) is 2. The van der Waals surface area contributed by atoms with Crippen molar-refractivity contribution in [2.45, 2.75) is 59.3 Å². The van der Waals surface area contributed by atoms with Crippen molar-refractivity contribution < 1.29 is 6.22 Å². The molecule has 0 radical (unpaired) electrons. The second kappa shape index (κ2) is 13.0. The number of carbonyl (C=O) groups excluding carboxylic acids is 1. The summed E-state index contributed by atoms with van der Waals surface area (Å²) >= 11 is 0. The molecular weight excluding hydrogens is 380 g/mol. The third kappa shape index (κ3) is 8.26. The van der Waals surface area contributed by atoms with Crippen LogP contribution in [0.5, 0.6) is 0 Å². The average Bonchev–Trinajstić information content (AvgIpc) is 3.07. The minimum absolute atomic E-state index is 0. The van der Waals surface area contributed by atoms with Crippen LogP contribution in [0.15, 0.2) is 54.8 Å². The molecule has 31 heavy (non-hydrogen) atoms. The monoisotopic (exact) mass is 420 g/mol. The van der Waals surface area contributed by atoms with Gasteiger partial charge in [0.05, 0.1) is 0 Å². The van der Waals surface area contributed by atoms with E-state index in [1.54, 1.807) is 0 Å². The summed E-state index contributed by atoms with van der Waals surface area (Å²) in [6, 6.07) is 11.1. The van der Waals surface area contributed by atoms with Gasteiger partial charge in [-0.1, -0.05) is 48.1 Å². The number of aromatic nitrogens is 1. The molecule has 1 fully saturated rings. The van der Waals surface area contributed by atoms with Gasteiger partial charge < -0.3 is 9.69 Å². The lowest BCUT2D eigenvalue weighted by molar-refractivity contribution is -0.106. The van der Waals surface area contributed by atoms with Gasteiger partial charge in [0.25, 0.3) is 0 Å². The van der Waals surface area contributed by atoms with E-state index in [2.05, 4.69) is 66.8 Å². The molecule has 1 aromatic carbocycles. The number of aldehydes is 1. The molecule has 0 saturated carbocycles. The van der Waals surface area contributed by atoms with E-state index in [1.165, 1.54) is 85.5 Å². The van der Waals surface area contributed by atoms with E-state index >= 15 is 0 Å². The summed E-state index contributed by atoms with van der Waals surface area (Å²) in [5.74, 6) is 0. The topological polar surface area (TPSA) is 33.2 Å². The smallest absolute Gasteiger partial charge is 0.116 e. The van der Waals surface area contributed by atoms with Gasteiger partial charge in [0.2, 0.25) is 0 Å². The maximum atomic E-state index is 8.81. The SMILES string of the molecule is C=C1CCCN(C)CC1.CC=O.Cc1ccc2c(c1)CCCC=C2c1ccc(C)nc1.[HH]. The molecule has 0 amide bonds. The molecule has 2 heterocycles. The predicted octanol–water partition coefficient (Wildman–Crippen LogP) is 6.58. The molecule has 1 aliphatic heterocycles. The lowest BCUT2D eigenvalue weighted by Gasteiger charge is -2.12. The lowest BCUT2D eigenvalue weighted by Crippen LogP contribution is -2.18. The van der Waals surface area contributed by atoms with Crippen molar-refractivity contribution in [3.63, 3.8) is 0 Å². The highest BCUT2D eigenvalue weighted by molar-refractivity contribution is 5.81. The van der Waals surface area contributed by atoms with Gasteiger partial charge >= 0.3 is 0 Å². The molecule has 1 saturated heterocycles. The minimum Gasteiger partial charge on any atom is -0.306 e. The van der Waals surface area contributed by atoms with Gasteiger partial charge in [-0.2, -0.15) is 0 Å². The van der Waals surface area contributed by atoms with E-state index in [4.69, 9.17) is 4.79 Å². The van der Waals surface area contributed by atoms with Crippen molar-refractivity contribution in [1.29, 1.82) is 0 Å². The van der Waals surface area contributed by atoms with Gasteiger partial charge in [-0.3, -0.25) is 4.98 Å². The first-order valence-electron chi connectivity index (χ1n) is 11.4. The summed E-state index contributed by atoms with van der Waals surface area (Å²) in [7, 11) is 2.18. The highest BCUT2D eigenvalue weighted by atomic mass is 16.1. The van der Waals surface area contributed by atoms with Gasteiger partial charge in [-0.15, -0.1) is 0 Å². The summed E-state index contributed by atoms with van der Waals surface area (Å²) in [6.07, 6.45) is 12.4. The Bertz CT molecular complexity index is 887. The van der Waals surface area contributed by atoms with Gasteiger partial charge in [-0.05, 0) is 95.7 Å². The van der Waals surface area contributed by atoms with Gasteiger partial charge in [0.1, 0.15) is 6.29 Å². The van der Waals surface area contributed by atoms with Crippen molar-refractivity contribution in [1.82, 2.24) is 9.88 Å². The Balaban J connectivity index is 0.000000332. The van der Waals surface area contributed by atoms with Crippen LogP contribution in [-0.2, 0) is 11.2 Å². The Morgan fingerprint density at radius 3 is 2.55 bits per heavy atom. The Morgan fingerprint density at radius 1 is 1.06 bits per heavy atom. The Morgan fingerprint density at radius 2 is 1.84 bits per heavy atom. The standard InChI is InChI=1S/C18H19N.C8H15N.C2H4O.H2/c1-13-7-10-18-15(11-13)5-3-4-6-17(18)16-9-8-14(2)19-12-16;1-8-4-3-6-9(2)7-5-8;1-2-3;/h6-12H,3-5H2,1-2H3;1,3-7H2,2H3;2H,1H3;1H. The van der Waals surface area contributed by atoms with Crippen molar-refractivity contribution >= 4 is 11.9 Å². The average molecular weight is 421 g/mol. The molecule has 0 unspecified atom stereocenters. The maximum absolute atomic E-state index is 8.81. The maximum Gasteiger partial charge on any atom is 0.116 e. The first-order chi connectivity index (χ1) is 14.9. The zero-order valence-corrected chi connectivity index (χ0v) is 19.8. The van der Waals surface area contributed by atoms with Gasteiger partial charge in [-0.25, -0.2) is 0 Å². The summed E-state index contributed by atoms with van der Waals surface area (Å²) < 4.78 is 0. The number of benzene rings is 1. The van der Waals surface area contributed by atoms with E-state index in [0.717, 1.165) is 18.4 Å². The number of pyridine rings is 1. The highest BCUT2D eigenvalue weighted by Crippen LogP contribution is 2.31. The number of rotatable bonds is 1. The van der Waals surface area contributed by atoms with Crippen LogP contribution in [0.4, 0.5) is 0 Å². The summed E-state index contributed by atoms with van der Waals surface area (Å²) in [5.41, 5.74) is 9.29. The second-order valence-electron chi connectivity index (χ2n) is 8.50. The first kappa shape index (κ1) is 24.7. The fraction of sp³-hybridized carbons (Fsp3) is 0.429. The Hall–Kier alpha value is -2.52. The van der Waals surface area contributed by atoms with E-state index in [1.807, 2.05) is 13.1 Å². The van der Waals surface area contributed by atoms with Crippen LogP contribution in [0.2, 0.25) is 0 Å². The number of aryl methyl sites for hydroxylation is 3. The molecule has 4 rings (SSSR count). The zero-order valence-electron chi connectivity index (χ0n) is 19.8. The van der Waals surface area contributed by atoms with Crippen molar-refractivity contribution in [3.8, 4) is 0 Å². The minimum atomic E-state index is 0. The van der Waals surface area contributed by atoms with Crippen molar-refractivity contribution in [2.24, 2.45) is 0 Å². The van der Waals surface area contributed by atoms with E-state index in [9.17, 15) is 0 Å². The lowest BCUT2D eigenvalue weighted by atomic mass is 9.93. The summed E-state index contributed by atoms with van der Waals surface area (Å²) in [6.45, 7) is 12.1. The van der Waals surface area contributed by atoms with Crippen LogP contribution in [0.1, 0.15) is 68.4 Å². The summed E-state index contributed by atoms with van der Waals surface area (Å²) in [5, 5.41) is 0. The Kier molecular flexibility index (Phi) is 10.4. The van der Waals surface area contributed by atoms with Crippen LogP contribution >= 0.6 is 0 Å². The molecular formula is C28H40N2O. The van der Waals surface area contributed by atoms with Crippen LogP contribution in [-0.4, -0.2) is 36.3 Å². The molecule has 1 aliphatic carbocycles. The van der Waals surface area contributed by atoms with Crippen molar-refractivity contribution in [2.75, 3.05) is 20.1 Å². The third-order valence-corrected chi connectivity index (χ3v) is 5.69. The number of hydrogen-bond acceptors (Lipinski definition) is 3. The second-order valence-corrected chi connectivity index (χ2v) is 8.50.